The maximum absolute atomic E-state index is 11.4. The van der Waals surface area contributed by atoms with E-state index in [0.717, 1.165) is 11.4 Å². The molecule has 0 heterocycles. The molecule has 0 atom stereocenters. The van der Waals surface area contributed by atoms with Gasteiger partial charge < -0.3 is 4.74 Å². The Morgan fingerprint density at radius 1 is 1.25 bits per heavy atom. The first-order valence-electron chi connectivity index (χ1n) is 7.60. The average Bonchev–Trinajstić information content (AvgIpc) is 2.47. The van der Waals surface area contributed by atoms with Gasteiger partial charge in [-0.15, -0.1) is 0 Å². The minimum absolute atomic E-state index is 0.0549. The molecule has 0 saturated heterocycles. The van der Waals surface area contributed by atoms with Crippen LogP contribution < -0.4 is 0 Å². The number of hydrogen-bond donors (Lipinski definition) is 0. The standard InChI is InChI=1S/C17H23ClO2/c1-2-20-17(19)12-9-13-7-10-14(11-8-13)15-5-3-4-6-16(15)18/h3-6,13-14H,2,7-12H2,1H3. The number of rotatable bonds is 5. The molecule has 1 aliphatic rings. The van der Waals surface area contributed by atoms with E-state index >= 15 is 0 Å². The van der Waals surface area contributed by atoms with Crippen LogP contribution in [0.2, 0.25) is 5.02 Å². The summed E-state index contributed by atoms with van der Waals surface area (Å²) < 4.78 is 4.98. The SMILES string of the molecule is CCOC(=O)CCC1CCC(c2ccccc2Cl)CC1. The number of hydrogen-bond acceptors (Lipinski definition) is 2. The molecule has 0 N–H and O–H groups in total. The third kappa shape index (κ3) is 4.24. The molecule has 2 nitrogen and oxygen atoms in total. The molecular weight excluding hydrogens is 272 g/mol. The maximum Gasteiger partial charge on any atom is 0.305 e. The van der Waals surface area contributed by atoms with Gasteiger partial charge in [0.1, 0.15) is 0 Å². The fourth-order valence-electron chi connectivity index (χ4n) is 3.12. The van der Waals surface area contributed by atoms with Crippen LogP contribution in [-0.4, -0.2) is 12.6 Å². The first kappa shape index (κ1) is 15.4. The van der Waals surface area contributed by atoms with E-state index in [1.54, 1.807) is 0 Å². The lowest BCUT2D eigenvalue weighted by Crippen LogP contribution is -2.15. The topological polar surface area (TPSA) is 26.3 Å². The summed E-state index contributed by atoms with van der Waals surface area (Å²) in [5.41, 5.74) is 1.29. The Kier molecular flexibility index (Phi) is 5.90. The van der Waals surface area contributed by atoms with Crippen LogP contribution >= 0.6 is 11.6 Å². The molecule has 20 heavy (non-hydrogen) atoms. The molecule has 1 aliphatic carbocycles. The van der Waals surface area contributed by atoms with Crippen LogP contribution in [0.3, 0.4) is 0 Å². The molecular formula is C17H23ClO2. The van der Waals surface area contributed by atoms with Gasteiger partial charge in [-0.1, -0.05) is 29.8 Å². The highest BCUT2D eigenvalue weighted by Gasteiger charge is 2.24. The molecule has 0 unspecified atom stereocenters. The normalized spacial score (nSPS) is 22.5. The number of ether oxygens (including phenoxy) is 1. The van der Waals surface area contributed by atoms with Crippen molar-refractivity contribution in [1.82, 2.24) is 0 Å². The third-order valence-electron chi connectivity index (χ3n) is 4.25. The van der Waals surface area contributed by atoms with Crippen molar-refractivity contribution in [2.75, 3.05) is 6.61 Å². The summed E-state index contributed by atoms with van der Waals surface area (Å²) in [7, 11) is 0. The highest BCUT2D eigenvalue weighted by molar-refractivity contribution is 6.31. The average molecular weight is 295 g/mol. The quantitative estimate of drug-likeness (QED) is 0.718. The van der Waals surface area contributed by atoms with Gasteiger partial charge in [0, 0.05) is 11.4 Å². The first-order chi connectivity index (χ1) is 9.70. The van der Waals surface area contributed by atoms with E-state index in [0.29, 0.717) is 24.9 Å². The summed E-state index contributed by atoms with van der Waals surface area (Å²) in [6, 6.07) is 8.17. The Morgan fingerprint density at radius 3 is 2.60 bits per heavy atom. The van der Waals surface area contributed by atoms with Crippen molar-refractivity contribution in [1.29, 1.82) is 0 Å². The van der Waals surface area contributed by atoms with E-state index in [4.69, 9.17) is 16.3 Å². The van der Waals surface area contributed by atoms with Gasteiger partial charge in [0.2, 0.25) is 0 Å². The maximum atomic E-state index is 11.4. The zero-order valence-corrected chi connectivity index (χ0v) is 12.9. The highest BCUT2D eigenvalue weighted by atomic mass is 35.5. The van der Waals surface area contributed by atoms with Gasteiger partial charge in [-0.2, -0.15) is 0 Å². The lowest BCUT2D eigenvalue weighted by molar-refractivity contribution is -0.143. The molecule has 110 valence electrons. The van der Waals surface area contributed by atoms with Gasteiger partial charge in [0.05, 0.1) is 6.61 Å². The van der Waals surface area contributed by atoms with Gasteiger partial charge in [0.15, 0.2) is 0 Å². The van der Waals surface area contributed by atoms with Gasteiger partial charge >= 0.3 is 5.97 Å². The first-order valence-corrected chi connectivity index (χ1v) is 7.98. The van der Waals surface area contributed by atoms with Crippen LogP contribution in [0.25, 0.3) is 0 Å². The van der Waals surface area contributed by atoms with Crippen LogP contribution in [0, 0.1) is 5.92 Å². The Labute approximate surface area is 126 Å². The second-order valence-electron chi connectivity index (χ2n) is 5.58. The van der Waals surface area contributed by atoms with Crippen molar-refractivity contribution in [2.24, 2.45) is 5.92 Å². The molecule has 1 saturated carbocycles. The Bertz CT molecular complexity index is 436. The van der Waals surface area contributed by atoms with Gasteiger partial charge in [-0.25, -0.2) is 0 Å². The van der Waals surface area contributed by atoms with Crippen molar-refractivity contribution in [3.05, 3.63) is 34.9 Å². The lowest BCUT2D eigenvalue weighted by Gasteiger charge is -2.29. The Morgan fingerprint density at radius 2 is 1.95 bits per heavy atom. The van der Waals surface area contributed by atoms with Crippen molar-refractivity contribution in [3.63, 3.8) is 0 Å². The van der Waals surface area contributed by atoms with Crippen LogP contribution in [0.4, 0.5) is 0 Å². The fourth-order valence-corrected chi connectivity index (χ4v) is 3.41. The molecule has 0 bridgehead atoms. The minimum atomic E-state index is -0.0549. The second kappa shape index (κ2) is 7.68. The summed E-state index contributed by atoms with van der Waals surface area (Å²) in [5, 5.41) is 0.891. The largest absolute Gasteiger partial charge is 0.466 e. The minimum Gasteiger partial charge on any atom is -0.466 e. The van der Waals surface area contributed by atoms with E-state index in [-0.39, 0.29) is 5.97 Å². The van der Waals surface area contributed by atoms with Crippen LogP contribution in [0.15, 0.2) is 24.3 Å². The van der Waals surface area contributed by atoms with Crippen molar-refractivity contribution in [2.45, 2.75) is 51.4 Å². The molecule has 1 aromatic carbocycles. The molecule has 1 fully saturated rings. The van der Waals surface area contributed by atoms with E-state index in [2.05, 4.69) is 12.1 Å². The highest BCUT2D eigenvalue weighted by Crippen LogP contribution is 2.39. The second-order valence-corrected chi connectivity index (χ2v) is 5.99. The predicted octanol–water partition coefficient (Wildman–Crippen LogP) is 4.96. The summed E-state index contributed by atoms with van der Waals surface area (Å²) in [5.74, 6) is 1.20. The fraction of sp³-hybridized carbons (Fsp3) is 0.588. The summed E-state index contributed by atoms with van der Waals surface area (Å²) in [6.07, 6.45) is 6.27. The van der Waals surface area contributed by atoms with Crippen LogP contribution in [0.1, 0.15) is 56.9 Å². The lowest BCUT2D eigenvalue weighted by atomic mass is 9.77. The number of carbonyl (C=O) groups is 1. The molecule has 0 spiro atoms. The summed E-state index contributed by atoms with van der Waals surface area (Å²) in [4.78, 5) is 11.4. The molecule has 2 rings (SSSR count). The van der Waals surface area contributed by atoms with E-state index < -0.39 is 0 Å². The molecule has 1 aromatic rings. The van der Waals surface area contributed by atoms with Gasteiger partial charge in [-0.05, 0) is 62.5 Å². The van der Waals surface area contributed by atoms with Gasteiger partial charge in [0.25, 0.3) is 0 Å². The summed E-state index contributed by atoms with van der Waals surface area (Å²) in [6.45, 7) is 2.34. The van der Waals surface area contributed by atoms with Crippen molar-refractivity contribution < 1.29 is 9.53 Å². The molecule has 3 heteroatoms. The number of halogens is 1. The number of benzene rings is 1. The van der Waals surface area contributed by atoms with Crippen LogP contribution in [-0.2, 0) is 9.53 Å². The Hall–Kier alpha value is -1.02. The zero-order chi connectivity index (χ0) is 14.4. The summed E-state index contributed by atoms with van der Waals surface area (Å²) >= 11 is 6.27. The molecule has 0 radical (unpaired) electrons. The van der Waals surface area contributed by atoms with E-state index in [1.807, 2.05) is 19.1 Å². The molecule has 0 aromatic heterocycles. The van der Waals surface area contributed by atoms with Gasteiger partial charge in [-0.3, -0.25) is 4.79 Å². The van der Waals surface area contributed by atoms with E-state index in [1.165, 1.54) is 31.2 Å². The van der Waals surface area contributed by atoms with Crippen molar-refractivity contribution in [3.8, 4) is 0 Å². The number of esters is 1. The number of carbonyl (C=O) groups excluding carboxylic acids is 1. The zero-order valence-electron chi connectivity index (χ0n) is 12.1. The molecule has 0 amide bonds. The van der Waals surface area contributed by atoms with E-state index in [9.17, 15) is 4.79 Å². The smallest absolute Gasteiger partial charge is 0.305 e. The van der Waals surface area contributed by atoms with Crippen molar-refractivity contribution >= 4 is 17.6 Å². The van der Waals surface area contributed by atoms with Crippen LogP contribution in [0.5, 0.6) is 0 Å². The Balaban J connectivity index is 1.78. The molecule has 0 aliphatic heterocycles. The predicted molar refractivity (Wildman–Crippen MR) is 82.0 cm³/mol. The third-order valence-corrected chi connectivity index (χ3v) is 4.60. The monoisotopic (exact) mass is 294 g/mol.